The van der Waals surface area contributed by atoms with Gasteiger partial charge in [-0.1, -0.05) is 25.1 Å². The molecule has 7 heteroatoms. The zero-order chi connectivity index (χ0) is 22.7. The van der Waals surface area contributed by atoms with Gasteiger partial charge in [0.05, 0.1) is 11.8 Å². The summed E-state index contributed by atoms with van der Waals surface area (Å²) in [7, 11) is 0. The lowest BCUT2D eigenvalue weighted by atomic mass is 9.95. The largest absolute Gasteiger partial charge is 0.342 e. The van der Waals surface area contributed by atoms with Crippen LogP contribution in [-0.4, -0.2) is 47.2 Å². The van der Waals surface area contributed by atoms with Crippen LogP contribution in [0.3, 0.4) is 0 Å². The van der Waals surface area contributed by atoms with Crippen molar-refractivity contribution in [1.82, 2.24) is 9.88 Å². The van der Waals surface area contributed by atoms with E-state index in [9.17, 15) is 14.4 Å². The molecule has 1 N–H and O–H groups in total. The lowest BCUT2D eigenvalue weighted by Crippen LogP contribution is -2.46. The molecule has 3 heterocycles. The number of pyridine rings is 1. The highest BCUT2D eigenvalue weighted by molar-refractivity contribution is 6.00. The van der Waals surface area contributed by atoms with Gasteiger partial charge < -0.3 is 15.1 Å². The molecule has 2 atom stereocenters. The van der Waals surface area contributed by atoms with Crippen LogP contribution >= 0.6 is 0 Å². The fraction of sp³-hybridized carbons (Fsp3) is 0.440. The SMILES string of the molecule is CCc1ccc(N2CC(C(=O)N3CCCC(C(=O)Nc4cccc(C)n4)C3)CC2=O)cc1. The molecule has 0 spiro atoms. The monoisotopic (exact) mass is 434 g/mol. The zero-order valence-corrected chi connectivity index (χ0v) is 18.7. The van der Waals surface area contributed by atoms with E-state index < -0.39 is 0 Å². The average molecular weight is 435 g/mol. The van der Waals surface area contributed by atoms with Crippen LogP contribution in [0.25, 0.3) is 0 Å². The van der Waals surface area contributed by atoms with Crippen molar-refractivity contribution >= 4 is 29.2 Å². The molecule has 2 aromatic rings. The van der Waals surface area contributed by atoms with Gasteiger partial charge in [-0.3, -0.25) is 14.4 Å². The van der Waals surface area contributed by atoms with Gasteiger partial charge in [0.25, 0.3) is 0 Å². The maximum Gasteiger partial charge on any atom is 0.230 e. The number of rotatable bonds is 5. The van der Waals surface area contributed by atoms with Crippen molar-refractivity contribution in [2.45, 2.75) is 39.5 Å². The number of aromatic nitrogens is 1. The van der Waals surface area contributed by atoms with Crippen LogP contribution in [0.15, 0.2) is 42.5 Å². The molecule has 3 amide bonds. The summed E-state index contributed by atoms with van der Waals surface area (Å²) in [6, 6.07) is 13.4. The second kappa shape index (κ2) is 9.51. The van der Waals surface area contributed by atoms with Crippen LogP contribution in [0, 0.1) is 18.8 Å². The first-order valence-electron chi connectivity index (χ1n) is 11.4. The van der Waals surface area contributed by atoms with Gasteiger partial charge in [0.1, 0.15) is 5.82 Å². The standard InChI is InChI=1S/C25H30N4O3/c1-3-18-9-11-21(12-10-18)29-16-20(14-23(29)30)25(32)28-13-5-7-19(15-28)24(31)27-22-8-4-6-17(2)26-22/h4,6,8-12,19-20H,3,5,7,13-16H2,1-2H3,(H,26,27,31). The number of hydrogen-bond acceptors (Lipinski definition) is 4. The van der Waals surface area contributed by atoms with Gasteiger partial charge in [-0.15, -0.1) is 0 Å². The fourth-order valence-corrected chi connectivity index (χ4v) is 4.52. The Morgan fingerprint density at radius 1 is 1.09 bits per heavy atom. The summed E-state index contributed by atoms with van der Waals surface area (Å²) in [5, 5.41) is 2.88. The minimum absolute atomic E-state index is 0.0237. The molecule has 2 aliphatic heterocycles. The number of aryl methyl sites for hydroxylation is 2. The summed E-state index contributed by atoms with van der Waals surface area (Å²) in [5.41, 5.74) is 2.89. The summed E-state index contributed by atoms with van der Waals surface area (Å²) < 4.78 is 0. The van der Waals surface area contributed by atoms with Crippen molar-refractivity contribution < 1.29 is 14.4 Å². The van der Waals surface area contributed by atoms with E-state index in [4.69, 9.17) is 0 Å². The molecule has 4 rings (SSSR count). The van der Waals surface area contributed by atoms with Crippen LogP contribution in [-0.2, 0) is 20.8 Å². The van der Waals surface area contributed by atoms with Gasteiger partial charge in [-0.2, -0.15) is 0 Å². The number of carbonyl (C=O) groups excluding carboxylic acids is 3. The van der Waals surface area contributed by atoms with Crippen molar-refractivity contribution in [1.29, 1.82) is 0 Å². The first kappa shape index (κ1) is 22.0. The number of anilines is 2. The molecular weight excluding hydrogens is 404 g/mol. The molecule has 1 aromatic heterocycles. The van der Waals surface area contributed by atoms with Gasteiger partial charge in [0.15, 0.2) is 0 Å². The quantitative estimate of drug-likeness (QED) is 0.784. The Morgan fingerprint density at radius 2 is 1.88 bits per heavy atom. The third-order valence-corrected chi connectivity index (χ3v) is 6.37. The number of likely N-dealkylation sites (tertiary alicyclic amines) is 1. The van der Waals surface area contributed by atoms with E-state index in [0.717, 1.165) is 30.6 Å². The van der Waals surface area contributed by atoms with Crippen LogP contribution in [0.2, 0.25) is 0 Å². The average Bonchev–Trinajstić information content (AvgIpc) is 3.20. The van der Waals surface area contributed by atoms with E-state index in [1.807, 2.05) is 43.3 Å². The third-order valence-electron chi connectivity index (χ3n) is 6.37. The summed E-state index contributed by atoms with van der Waals surface area (Å²) in [6.45, 7) is 5.37. The molecule has 7 nitrogen and oxygen atoms in total. The van der Waals surface area contributed by atoms with Crippen LogP contribution in [0.1, 0.15) is 37.4 Å². The van der Waals surface area contributed by atoms with E-state index in [2.05, 4.69) is 17.2 Å². The van der Waals surface area contributed by atoms with E-state index in [-0.39, 0.29) is 36.0 Å². The molecule has 0 saturated carbocycles. The zero-order valence-electron chi connectivity index (χ0n) is 18.7. The molecule has 32 heavy (non-hydrogen) atoms. The predicted octanol–water partition coefficient (Wildman–Crippen LogP) is 3.18. The van der Waals surface area contributed by atoms with Gasteiger partial charge in [-0.25, -0.2) is 4.98 Å². The molecule has 2 fully saturated rings. The second-order valence-electron chi connectivity index (χ2n) is 8.70. The number of benzene rings is 1. The molecule has 2 aliphatic rings. The van der Waals surface area contributed by atoms with E-state index >= 15 is 0 Å². The Kier molecular flexibility index (Phi) is 6.53. The molecule has 0 bridgehead atoms. The normalized spacial score (nSPS) is 21.0. The van der Waals surface area contributed by atoms with Crippen LogP contribution in [0.4, 0.5) is 11.5 Å². The Bertz CT molecular complexity index is 1000. The van der Waals surface area contributed by atoms with Gasteiger partial charge in [0, 0.05) is 37.4 Å². The lowest BCUT2D eigenvalue weighted by Gasteiger charge is -2.33. The van der Waals surface area contributed by atoms with Crippen molar-refractivity contribution in [2.24, 2.45) is 11.8 Å². The van der Waals surface area contributed by atoms with Gasteiger partial charge in [-0.05, 0) is 56.0 Å². The number of amides is 3. The Balaban J connectivity index is 1.37. The molecule has 2 unspecified atom stereocenters. The molecular formula is C25H30N4O3. The van der Waals surface area contributed by atoms with Gasteiger partial charge in [0.2, 0.25) is 17.7 Å². The Labute approximate surface area is 188 Å². The lowest BCUT2D eigenvalue weighted by molar-refractivity contribution is -0.138. The van der Waals surface area contributed by atoms with E-state index in [1.54, 1.807) is 15.9 Å². The Morgan fingerprint density at radius 3 is 2.59 bits per heavy atom. The van der Waals surface area contributed by atoms with Crippen molar-refractivity contribution in [3.8, 4) is 0 Å². The first-order valence-corrected chi connectivity index (χ1v) is 11.4. The van der Waals surface area contributed by atoms with Gasteiger partial charge >= 0.3 is 0 Å². The maximum absolute atomic E-state index is 13.2. The Hall–Kier alpha value is -3.22. The topological polar surface area (TPSA) is 82.6 Å². The summed E-state index contributed by atoms with van der Waals surface area (Å²) in [6.07, 6.45) is 2.67. The number of hydrogen-bond donors (Lipinski definition) is 1. The van der Waals surface area contributed by atoms with E-state index in [0.29, 0.717) is 25.5 Å². The predicted molar refractivity (Wildman–Crippen MR) is 123 cm³/mol. The summed E-state index contributed by atoms with van der Waals surface area (Å²) in [5.74, 6) is -0.273. The molecule has 0 aliphatic carbocycles. The third kappa shape index (κ3) is 4.82. The second-order valence-corrected chi connectivity index (χ2v) is 8.70. The van der Waals surface area contributed by atoms with Crippen molar-refractivity contribution in [3.63, 3.8) is 0 Å². The number of piperidine rings is 1. The summed E-state index contributed by atoms with van der Waals surface area (Å²) >= 11 is 0. The minimum Gasteiger partial charge on any atom is -0.342 e. The number of nitrogens with one attached hydrogen (secondary N) is 1. The molecule has 1 aromatic carbocycles. The van der Waals surface area contributed by atoms with Crippen molar-refractivity contribution in [2.75, 3.05) is 29.9 Å². The number of nitrogens with zero attached hydrogens (tertiary/aromatic N) is 3. The minimum atomic E-state index is -0.367. The smallest absolute Gasteiger partial charge is 0.230 e. The van der Waals surface area contributed by atoms with E-state index in [1.165, 1.54) is 5.56 Å². The maximum atomic E-state index is 13.2. The molecule has 0 radical (unpaired) electrons. The van der Waals surface area contributed by atoms with Crippen LogP contribution < -0.4 is 10.2 Å². The fourth-order valence-electron chi connectivity index (χ4n) is 4.52. The number of carbonyl (C=O) groups is 3. The highest BCUT2D eigenvalue weighted by Crippen LogP contribution is 2.28. The highest BCUT2D eigenvalue weighted by Gasteiger charge is 2.39. The molecule has 2 saturated heterocycles. The highest BCUT2D eigenvalue weighted by atomic mass is 16.2. The van der Waals surface area contributed by atoms with Crippen molar-refractivity contribution in [3.05, 3.63) is 53.7 Å². The summed E-state index contributed by atoms with van der Waals surface area (Å²) in [4.78, 5) is 46.4. The molecule has 168 valence electrons. The first-order chi connectivity index (χ1) is 15.4. The van der Waals surface area contributed by atoms with Crippen LogP contribution in [0.5, 0.6) is 0 Å².